The summed E-state index contributed by atoms with van der Waals surface area (Å²) in [5.74, 6) is -0.975. The molecule has 0 aliphatic heterocycles. The zero-order valence-corrected chi connectivity index (χ0v) is 11.3. The minimum absolute atomic E-state index is 0.192. The van der Waals surface area contributed by atoms with Gasteiger partial charge in [0.1, 0.15) is 0 Å². The molecule has 0 unspecified atom stereocenters. The van der Waals surface area contributed by atoms with Crippen molar-refractivity contribution >= 4 is 34.6 Å². The van der Waals surface area contributed by atoms with Crippen LogP contribution in [-0.2, 0) is 6.54 Å². The maximum Gasteiger partial charge on any atom is 0.335 e. The third kappa shape index (κ3) is 2.83. The van der Waals surface area contributed by atoms with Crippen LogP contribution in [0.3, 0.4) is 0 Å². The van der Waals surface area contributed by atoms with Crippen LogP contribution in [0.15, 0.2) is 29.0 Å². The zero-order chi connectivity index (χ0) is 13.1. The Labute approximate surface area is 114 Å². The van der Waals surface area contributed by atoms with Crippen LogP contribution in [0.2, 0.25) is 5.02 Å². The summed E-state index contributed by atoms with van der Waals surface area (Å²) in [5.41, 5.74) is 3.40. The van der Waals surface area contributed by atoms with Gasteiger partial charge < -0.3 is 10.4 Å². The predicted molar refractivity (Wildman–Crippen MR) is 74.8 cm³/mol. The third-order valence-electron chi connectivity index (χ3n) is 2.65. The number of aromatic carboxylic acids is 1. The number of hydrogen-bond donors (Lipinski definition) is 2. The summed E-state index contributed by atoms with van der Waals surface area (Å²) >= 11 is 7.69. The molecule has 2 N–H and O–H groups in total. The van der Waals surface area contributed by atoms with E-state index in [-0.39, 0.29) is 5.56 Å². The summed E-state index contributed by atoms with van der Waals surface area (Å²) in [6, 6.07) is 4.68. The van der Waals surface area contributed by atoms with Crippen LogP contribution in [0.4, 0.5) is 5.69 Å². The fraction of sp³-hybridized carbons (Fsp3) is 0.154. The van der Waals surface area contributed by atoms with Crippen molar-refractivity contribution < 1.29 is 9.90 Å². The van der Waals surface area contributed by atoms with E-state index in [0.717, 1.165) is 5.69 Å². The Morgan fingerprint density at radius 3 is 2.78 bits per heavy atom. The average molecular weight is 282 g/mol. The molecule has 2 aromatic rings. The van der Waals surface area contributed by atoms with Gasteiger partial charge >= 0.3 is 5.97 Å². The maximum absolute atomic E-state index is 10.8. The molecular formula is C13H12ClNO2S. The molecule has 0 fully saturated rings. The van der Waals surface area contributed by atoms with Gasteiger partial charge in [-0.05, 0) is 47.0 Å². The van der Waals surface area contributed by atoms with Crippen molar-refractivity contribution in [2.24, 2.45) is 0 Å². The molecule has 1 aromatic carbocycles. The van der Waals surface area contributed by atoms with Gasteiger partial charge in [0.15, 0.2) is 0 Å². The minimum Gasteiger partial charge on any atom is -0.478 e. The summed E-state index contributed by atoms with van der Waals surface area (Å²) in [6.07, 6.45) is 0. The van der Waals surface area contributed by atoms with Gasteiger partial charge in [0.2, 0.25) is 0 Å². The van der Waals surface area contributed by atoms with E-state index in [1.165, 1.54) is 23.3 Å². The lowest BCUT2D eigenvalue weighted by atomic mass is 10.2. The second-order valence-corrected chi connectivity index (χ2v) is 5.08. The van der Waals surface area contributed by atoms with Gasteiger partial charge in [0.05, 0.1) is 16.3 Å². The van der Waals surface area contributed by atoms with Gasteiger partial charge in [-0.3, -0.25) is 0 Å². The van der Waals surface area contributed by atoms with E-state index in [9.17, 15) is 4.79 Å². The lowest BCUT2D eigenvalue weighted by Crippen LogP contribution is -2.02. The quantitative estimate of drug-likeness (QED) is 0.890. The Kier molecular flexibility index (Phi) is 3.89. The van der Waals surface area contributed by atoms with Crippen molar-refractivity contribution in [2.45, 2.75) is 13.5 Å². The fourth-order valence-corrected chi connectivity index (χ4v) is 2.65. The monoisotopic (exact) mass is 281 g/mol. The minimum atomic E-state index is -0.975. The Bertz CT molecular complexity index is 580. The molecule has 2 rings (SSSR count). The molecular weight excluding hydrogens is 270 g/mol. The second-order valence-electron chi connectivity index (χ2n) is 3.93. The summed E-state index contributed by atoms with van der Waals surface area (Å²) < 4.78 is 0. The number of anilines is 1. The topological polar surface area (TPSA) is 49.3 Å². The molecule has 0 spiro atoms. The molecule has 0 bridgehead atoms. The number of halogens is 1. The van der Waals surface area contributed by atoms with E-state index < -0.39 is 5.97 Å². The van der Waals surface area contributed by atoms with E-state index >= 15 is 0 Å². The smallest absolute Gasteiger partial charge is 0.335 e. The highest BCUT2D eigenvalue weighted by molar-refractivity contribution is 7.08. The molecule has 0 radical (unpaired) electrons. The van der Waals surface area contributed by atoms with Gasteiger partial charge in [0.25, 0.3) is 0 Å². The molecule has 0 atom stereocenters. The molecule has 0 aliphatic carbocycles. The molecule has 18 heavy (non-hydrogen) atoms. The van der Waals surface area contributed by atoms with Crippen molar-refractivity contribution in [3.8, 4) is 0 Å². The number of carboxylic acids is 1. The zero-order valence-electron chi connectivity index (χ0n) is 9.74. The van der Waals surface area contributed by atoms with E-state index in [0.29, 0.717) is 11.6 Å². The molecule has 1 aromatic heterocycles. The molecule has 0 saturated heterocycles. The molecule has 3 nitrogen and oxygen atoms in total. The van der Waals surface area contributed by atoms with Crippen LogP contribution in [0.1, 0.15) is 21.5 Å². The Morgan fingerprint density at radius 1 is 1.44 bits per heavy atom. The maximum atomic E-state index is 10.8. The summed E-state index contributed by atoms with van der Waals surface area (Å²) in [4.78, 5) is 10.8. The average Bonchev–Trinajstić information content (AvgIpc) is 2.73. The van der Waals surface area contributed by atoms with Crippen molar-refractivity contribution in [2.75, 3.05) is 5.32 Å². The number of benzene rings is 1. The van der Waals surface area contributed by atoms with Crippen molar-refractivity contribution in [3.05, 3.63) is 50.7 Å². The van der Waals surface area contributed by atoms with Gasteiger partial charge in [-0.2, -0.15) is 11.3 Å². The predicted octanol–water partition coefficient (Wildman–Crippen LogP) is 4.02. The SMILES string of the molecule is Cc1cscc1CNc1ccc(C(=O)O)cc1Cl. The van der Waals surface area contributed by atoms with Crippen LogP contribution in [-0.4, -0.2) is 11.1 Å². The Hall–Kier alpha value is -1.52. The van der Waals surface area contributed by atoms with E-state index in [1.54, 1.807) is 17.4 Å². The number of aryl methyl sites for hydroxylation is 1. The first kappa shape index (κ1) is 12.9. The van der Waals surface area contributed by atoms with Gasteiger partial charge in [0, 0.05) is 6.54 Å². The molecule has 0 amide bonds. The highest BCUT2D eigenvalue weighted by atomic mass is 35.5. The van der Waals surface area contributed by atoms with Crippen molar-refractivity contribution in [3.63, 3.8) is 0 Å². The summed E-state index contributed by atoms with van der Waals surface area (Å²) in [7, 11) is 0. The lowest BCUT2D eigenvalue weighted by Gasteiger charge is -2.08. The summed E-state index contributed by atoms with van der Waals surface area (Å²) in [6.45, 7) is 2.74. The number of carbonyl (C=O) groups is 1. The number of carboxylic acid groups (broad SMARTS) is 1. The van der Waals surface area contributed by atoms with Crippen LogP contribution in [0.25, 0.3) is 0 Å². The first-order valence-electron chi connectivity index (χ1n) is 5.36. The summed E-state index contributed by atoms with van der Waals surface area (Å²) in [5, 5.41) is 16.6. The molecule has 5 heteroatoms. The standard InChI is InChI=1S/C13H12ClNO2S/c1-8-6-18-7-10(8)5-15-12-3-2-9(13(16)17)4-11(12)14/h2-4,6-7,15H,5H2,1H3,(H,16,17). The molecule has 1 heterocycles. The fourth-order valence-electron chi connectivity index (χ4n) is 1.55. The molecule has 0 saturated carbocycles. The van der Waals surface area contributed by atoms with Crippen molar-refractivity contribution in [1.82, 2.24) is 0 Å². The van der Waals surface area contributed by atoms with Gasteiger partial charge in [-0.25, -0.2) is 4.79 Å². The van der Waals surface area contributed by atoms with Crippen molar-refractivity contribution in [1.29, 1.82) is 0 Å². The Balaban J connectivity index is 2.11. The van der Waals surface area contributed by atoms with Crippen LogP contribution < -0.4 is 5.32 Å². The highest BCUT2D eigenvalue weighted by Gasteiger charge is 2.07. The van der Waals surface area contributed by atoms with E-state index in [2.05, 4.69) is 23.0 Å². The number of rotatable bonds is 4. The number of hydrogen-bond acceptors (Lipinski definition) is 3. The van der Waals surface area contributed by atoms with Gasteiger partial charge in [-0.1, -0.05) is 11.6 Å². The lowest BCUT2D eigenvalue weighted by molar-refractivity contribution is 0.0697. The van der Waals surface area contributed by atoms with Crippen LogP contribution in [0.5, 0.6) is 0 Å². The molecule has 94 valence electrons. The van der Waals surface area contributed by atoms with Crippen LogP contribution in [0, 0.1) is 6.92 Å². The van der Waals surface area contributed by atoms with E-state index in [1.807, 2.05) is 0 Å². The second kappa shape index (κ2) is 5.42. The normalized spacial score (nSPS) is 10.3. The highest BCUT2D eigenvalue weighted by Crippen LogP contribution is 2.24. The van der Waals surface area contributed by atoms with E-state index in [4.69, 9.17) is 16.7 Å². The molecule has 0 aliphatic rings. The number of thiophene rings is 1. The largest absolute Gasteiger partial charge is 0.478 e. The first-order valence-corrected chi connectivity index (χ1v) is 6.68. The van der Waals surface area contributed by atoms with Gasteiger partial charge in [-0.15, -0.1) is 0 Å². The third-order valence-corrected chi connectivity index (χ3v) is 3.87. The number of nitrogens with one attached hydrogen (secondary N) is 1. The Morgan fingerprint density at radius 2 is 2.22 bits per heavy atom. The van der Waals surface area contributed by atoms with Crippen LogP contribution >= 0.6 is 22.9 Å². The first-order chi connectivity index (χ1) is 8.58.